The van der Waals surface area contributed by atoms with E-state index in [9.17, 15) is 13.5 Å². The van der Waals surface area contributed by atoms with Crippen molar-refractivity contribution in [3.05, 3.63) is 11.5 Å². The van der Waals surface area contributed by atoms with Crippen LogP contribution < -0.4 is 5.32 Å². The molecule has 0 fully saturated rings. The Hall–Kier alpha value is -0.390. The van der Waals surface area contributed by atoms with Crippen LogP contribution in [0.25, 0.3) is 0 Å². The highest BCUT2D eigenvalue weighted by Crippen LogP contribution is 2.13. The average Bonchev–Trinajstić information content (AvgIpc) is 2.28. The van der Waals surface area contributed by atoms with Crippen molar-refractivity contribution in [2.24, 2.45) is 0 Å². The van der Waals surface area contributed by atoms with Gasteiger partial charge in [0.25, 0.3) is 0 Å². The summed E-state index contributed by atoms with van der Waals surface area (Å²) in [4.78, 5) is 0. The number of nitrogens with one attached hydrogen (secondary N) is 1. The molecule has 0 amide bonds. The molecule has 0 aliphatic carbocycles. The van der Waals surface area contributed by atoms with Gasteiger partial charge in [0.1, 0.15) is 0 Å². The van der Waals surface area contributed by atoms with Crippen LogP contribution in [0, 0.1) is 0 Å². The number of rotatable bonds is 3. The molecule has 4 nitrogen and oxygen atoms in total. The predicted molar refractivity (Wildman–Crippen MR) is 55.6 cm³/mol. The lowest BCUT2D eigenvalue weighted by Crippen LogP contribution is -2.49. The van der Waals surface area contributed by atoms with E-state index in [1.807, 2.05) is 6.92 Å². The zero-order chi connectivity index (χ0) is 11.0. The van der Waals surface area contributed by atoms with Crippen molar-refractivity contribution in [1.29, 1.82) is 0 Å². The maximum Gasteiger partial charge on any atom is 0.173 e. The fourth-order valence-corrected chi connectivity index (χ4v) is 2.45. The van der Waals surface area contributed by atoms with Gasteiger partial charge in [-0.05, 0) is 20.8 Å². The first-order valence-corrected chi connectivity index (χ1v) is 6.32. The molecule has 2 atom stereocenters. The molecule has 0 saturated carbocycles. The molecule has 0 radical (unpaired) electrons. The molecule has 0 aromatic carbocycles. The van der Waals surface area contributed by atoms with Crippen molar-refractivity contribution in [3.63, 3.8) is 0 Å². The van der Waals surface area contributed by atoms with Crippen LogP contribution in [-0.2, 0) is 9.84 Å². The van der Waals surface area contributed by atoms with Crippen molar-refractivity contribution in [1.82, 2.24) is 5.32 Å². The SMILES string of the molecule is CC(NC1C=CS(=O)(=O)C1)C(C)(C)O. The van der Waals surface area contributed by atoms with E-state index in [4.69, 9.17) is 0 Å². The lowest BCUT2D eigenvalue weighted by molar-refractivity contribution is 0.0427. The van der Waals surface area contributed by atoms with Gasteiger partial charge in [-0.1, -0.05) is 6.08 Å². The van der Waals surface area contributed by atoms with Crippen LogP contribution in [0.15, 0.2) is 11.5 Å². The molecule has 0 aromatic rings. The van der Waals surface area contributed by atoms with E-state index >= 15 is 0 Å². The summed E-state index contributed by atoms with van der Waals surface area (Å²) in [6.07, 6.45) is 1.62. The Balaban J connectivity index is 2.54. The van der Waals surface area contributed by atoms with Crippen molar-refractivity contribution >= 4 is 9.84 Å². The van der Waals surface area contributed by atoms with Crippen LogP contribution in [0.3, 0.4) is 0 Å². The molecule has 1 aliphatic heterocycles. The van der Waals surface area contributed by atoms with E-state index in [0.29, 0.717) is 0 Å². The fourth-order valence-electron chi connectivity index (χ4n) is 1.20. The van der Waals surface area contributed by atoms with Crippen LogP contribution in [0.2, 0.25) is 0 Å². The van der Waals surface area contributed by atoms with Gasteiger partial charge in [0.05, 0.1) is 11.4 Å². The predicted octanol–water partition coefficient (Wildman–Crippen LogP) is 0.0461. The third kappa shape index (κ3) is 3.08. The maximum absolute atomic E-state index is 11.1. The van der Waals surface area contributed by atoms with Gasteiger partial charge in [-0.15, -0.1) is 0 Å². The Kier molecular flexibility index (Phi) is 3.04. The van der Waals surface area contributed by atoms with Crippen molar-refractivity contribution in [2.75, 3.05) is 5.75 Å². The van der Waals surface area contributed by atoms with Crippen LogP contribution >= 0.6 is 0 Å². The third-order valence-electron chi connectivity index (χ3n) is 2.45. The summed E-state index contributed by atoms with van der Waals surface area (Å²) in [6, 6.07) is -0.327. The minimum atomic E-state index is -3.01. The standard InChI is InChI=1S/C9H17NO3S/c1-7(9(2,3)11)10-8-4-5-14(12,13)6-8/h4-5,7-8,10-11H,6H2,1-3H3. The van der Waals surface area contributed by atoms with Gasteiger partial charge >= 0.3 is 0 Å². The van der Waals surface area contributed by atoms with Crippen molar-refractivity contribution in [3.8, 4) is 0 Å². The molecule has 5 heteroatoms. The number of aliphatic hydroxyl groups is 1. The Labute approximate surface area is 84.9 Å². The second-order valence-electron chi connectivity index (χ2n) is 4.31. The summed E-state index contributed by atoms with van der Waals surface area (Å²) in [5.41, 5.74) is -0.847. The maximum atomic E-state index is 11.1. The van der Waals surface area contributed by atoms with Gasteiger partial charge in [-0.25, -0.2) is 8.42 Å². The second-order valence-corrected chi connectivity index (χ2v) is 6.24. The Bertz CT molecular complexity index is 326. The first kappa shape index (κ1) is 11.7. The topological polar surface area (TPSA) is 66.4 Å². The van der Waals surface area contributed by atoms with Gasteiger partial charge in [-0.3, -0.25) is 0 Å². The summed E-state index contributed by atoms with van der Waals surface area (Å²) in [7, 11) is -3.01. The highest BCUT2D eigenvalue weighted by molar-refractivity contribution is 7.94. The summed E-state index contributed by atoms with van der Waals surface area (Å²) >= 11 is 0. The monoisotopic (exact) mass is 219 g/mol. The molecule has 2 unspecified atom stereocenters. The smallest absolute Gasteiger partial charge is 0.173 e. The average molecular weight is 219 g/mol. The zero-order valence-electron chi connectivity index (χ0n) is 8.69. The van der Waals surface area contributed by atoms with Crippen molar-refractivity contribution in [2.45, 2.75) is 38.5 Å². The molecule has 0 saturated heterocycles. The first-order valence-electron chi connectivity index (χ1n) is 4.60. The Morgan fingerprint density at radius 2 is 2.14 bits per heavy atom. The number of sulfone groups is 1. The van der Waals surface area contributed by atoms with Gasteiger partial charge in [0, 0.05) is 17.5 Å². The minimum absolute atomic E-state index is 0.0907. The van der Waals surface area contributed by atoms with Crippen LogP contribution in [-0.4, -0.2) is 37.0 Å². The molecular weight excluding hydrogens is 202 g/mol. The molecule has 1 rings (SSSR count). The summed E-state index contributed by atoms with van der Waals surface area (Å²) in [6.45, 7) is 5.22. The van der Waals surface area contributed by atoms with Gasteiger partial charge < -0.3 is 10.4 Å². The second kappa shape index (κ2) is 3.64. The zero-order valence-corrected chi connectivity index (χ0v) is 9.50. The number of hydrogen-bond acceptors (Lipinski definition) is 4. The molecule has 0 spiro atoms. The number of hydrogen-bond donors (Lipinski definition) is 2. The Morgan fingerprint density at radius 3 is 2.50 bits per heavy atom. The molecule has 82 valence electrons. The van der Waals surface area contributed by atoms with Crippen LogP contribution in [0.5, 0.6) is 0 Å². The lowest BCUT2D eigenvalue weighted by Gasteiger charge is -2.28. The largest absolute Gasteiger partial charge is 0.389 e. The first-order chi connectivity index (χ1) is 6.21. The molecule has 2 N–H and O–H groups in total. The quantitative estimate of drug-likeness (QED) is 0.703. The normalized spacial score (nSPS) is 27.9. The molecule has 0 aromatic heterocycles. The van der Waals surface area contributed by atoms with Crippen LogP contribution in [0.1, 0.15) is 20.8 Å². The molecule has 14 heavy (non-hydrogen) atoms. The molecule has 1 aliphatic rings. The Morgan fingerprint density at radius 1 is 1.57 bits per heavy atom. The van der Waals surface area contributed by atoms with E-state index in [1.54, 1.807) is 19.9 Å². The van der Waals surface area contributed by atoms with E-state index in [2.05, 4.69) is 5.32 Å². The fraction of sp³-hybridized carbons (Fsp3) is 0.778. The van der Waals surface area contributed by atoms with Crippen molar-refractivity contribution < 1.29 is 13.5 Å². The summed E-state index contributed by atoms with van der Waals surface area (Å²) in [5.74, 6) is 0.0907. The van der Waals surface area contributed by atoms with E-state index in [0.717, 1.165) is 0 Å². The minimum Gasteiger partial charge on any atom is -0.389 e. The lowest BCUT2D eigenvalue weighted by atomic mass is 10.0. The van der Waals surface area contributed by atoms with Crippen LogP contribution in [0.4, 0.5) is 0 Å². The van der Waals surface area contributed by atoms with Gasteiger partial charge in [0.15, 0.2) is 9.84 Å². The summed E-state index contributed by atoms with van der Waals surface area (Å²) < 4.78 is 22.2. The summed E-state index contributed by atoms with van der Waals surface area (Å²) in [5, 5.41) is 13.9. The van der Waals surface area contributed by atoms with E-state index < -0.39 is 15.4 Å². The highest BCUT2D eigenvalue weighted by atomic mass is 32.2. The van der Waals surface area contributed by atoms with Gasteiger partial charge in [0.2, 0.25) is 0 Å². The molecule has 0 bridgehead atoms. The van der Waals surface area contributed by atoms with Gasteiger partial charge in [-0.2, -0.15) is 0 Å². The van der Waals surface area contributed by atoms with E-state index in [1.165, 1.54) is 5.41 Å². The molecule has 1 heterocycles. The highest BCUT2D eigenvalue weighted by Gasteiger charge is 2.28. The molecular formula is C9H17NO3S. The third-order valence-corrected chi connectivity index (χ3v) is 3.85. The van der Waals surface area contributed by atoms with E-state index in [-0.39, 0.29) is 17.8 Å².